The van der Waals surface area contributed by atoms with Gasteiger partial charge in [-0.3, -0.25) is 11.3 Å². The zero-order valence-corrected chi connectivity index (χ0v) is 10.5. The van der Waals surface area contributed by atoms with E-state index in [9.17, 15) is 0 Å². The highest BCUT2D eigenvalue weighted by atomic mass is 15.2. The van der Waals surface area contributed by atoms with Crippen molar-refractivity contribution >= 4 is 0 Å². The smallest absolute Gasteiger partial charge is 0.115 e. The molecule has 0 aliphatic rings. The Kier molecular flexibility index (Phi) is 4.39. The van der Waals surface area contributed by atoms with Crippen molar-refractivity contribution in [3.8, 4) is 0 Å². The molecule has 1 heterocycles. The van der Waals surface area contributed by atoms with Gasteiger partial charge in [0.15, 0.2) is 0 Å². The van der Waals surface area contributed by atoms with E-state index in [0.717, 1.165) is 18.5 Å². The van der Waals surface area contributed by atoms with Crippen LogP contribution < -0.4 is 11.3 Å². The van der Waals surface area contributed by atoms with Gasteiger partial charge in [-0.25, -0.2) is 9.97 Å². The Balaban J connectivity index is 2.10. The number of aromatic nitrogens is 2. The van der Waals surface area contributed by atoms with Crippen LogP contribution in [0.25, 0.3) is 0 Å². The molecule has 2 aromatic rings. The Morgan fingerprint density at radius 1 is 1.17 bits per heavy atom. The third-order valence-electron chi connectivity index (χ3n) is 3.03. The summed E-state index contributed by atoms with van der Waals surface area (Å²) in [4.78, 5) is 8.14. The lowest BCUT2D eigenvalue weighted by molar-refractivity contribution is 0.537. The molecule has 0 aliphatic heterocycles. The predicted molar refractivity (Wildman–Crippen MR) is 71.6 cm³/mol. The first-order valence-electron chi connectivity index (χ1n) is 6.13. The third-order valence-corrected chi connectivity index (χ3v) is 3.03. The summed E-state index contributed by atoms with van der Waals surface area (Å²) in [5.74, 6) is 5.60. The number of nitrogens with zero attached hydrogens (tertiary/aromatic N) is 2. The number of hydrogen-bond donors (Lipinski definition) is 2. The van der Waals surface area contributed by atoms with Gasteiger partial charge in [0.25, 0.3) is 0 Å². The maximum Gasteiger partial charge on any atom is 0.115 e. The zero-order chi connectivity index (χ0) is 12.8. The molecule has 18 heavy (non-hydrogen) atoms. The number of hydrogen-bond acceptors (Lipinski definition) is 4. The van der Waals surface area contributed by atoms with Crippen molar-refractivity contribution in [1.29, 1.82) is 0 Å². The van der Waals surface area contributed by atoms with Crippen molar-refractivity contribution < 1.29 is 0 Å². The number of nitrogens with two attached hydrogens (primary N) is 1. The van der Waals surface area contributed by atoms with Crippen molar-refractivity contribution in [2.75, 3.05) is 0 Å². The standard InChI is InChI=1S/C14H18N4/c1-2-11-3-5-12(6-4-11)9-14(18-15)13-7-8-16-10-17-13/h3-8,10,14,18H,2,9,15H2,1H3. The van der Waals surface area contributed by atoms with E-state index in [0.29, 0.717) is 0 Å². The summed E-state index contributed by atoms with van der Waals surface area (Å²) in [6.07, 6.45) is 5.15. The lowest BCUT2D eigenvalue weighted by Crippen LogP contribution is -2.30. The van der Waals surface area contributed by atoms with Gasteiger partial charge in [-0.1, -0.05) is 31.2 Å². The van der Waals surface area contributed by atoms with E-state index < -0.39 is 0 Å². The summed E-state index contributed by atoms with van der Waals surface area (Å²) in [6, 6.07) is 10.5. The molecule has 1 atom stereocenters. The minimum absolute atomic E-state index is 0.0143. The van der Waals surface area contributed by atoms with Crippen LogP contribution in [-0.4, -0.2) is 9.97 Å². The monoisotopic (exact) mass is 242 g/mol. The largest absolute Gasteiger partial charge is 0.271 e. The molecule has 1 aromatic heterocycles. The second kappa shape index (κ2) is 6.23. The maximum absolute atomic E-state index is 5.60. The quantitative estimate of drug-likeness (QED) is 0.619. The molecule has 0 bridgehead atoms. The molecule has 3 N–H and O–H groups in total. The van der Waals surface area contributed by atoms with Crippen LogP contribution in [0, 0.1) is 0 Å². The average Bonchev–Trinajstić information content (AvgIpc) is 2.46. The molecule has 0 saturated carbocycles. The SMILES string of the molecule is CCc1ccc(CC(NN)c2ccncn2)cc1. The molecule has 0 aliphatic carbocycles. The van der Waals surface area contributed by atoms with Crippen LogP contribution in [-0.2, 0) is 12.8 Å². The van der Waals surface area contributed by atoms with Gasteiger partial charge in [-0.2, -0.15) is 0 Å². The molecule has 0 fully saturated rings. The van der Waals surface area contributed by atoms with E-state index in [1.807, 2.05) is 6.07 Å². The van der Waals surface area contributed by atoms with Crippen LogP contribution in [0.1, 0.15) is 29.8 Å². The first-order chi connectivity index (χ1) is 8.83. The summed E-state index contributed by atoms with van der Waals surface area (Å²) in [5, 5.41) is 0. The van der Waals surface area contributed by atoms with Crippen molar-refractivity contribution in [2.45, 2.75) is 25.8 Å². The fourth-order valence-electron chi connectivity index (χ4n) is 1.90. The number of rotatable bonds is 5. The van der Waals surface area contributed by atoms with Crippen LogP contribution in [0.15, 0.2) is 42.9 Å². The number of benzene rings is 1. The molecule has 94 valence electrons. The van der Waals surface area contributed by atoms with Gasteiger partial charge in [-0.15, -0.1) is 0 Å². The number of hydrazine groups is 1. The average molecular weight is 242 g/mol. The highest BCUT2D eigenvalue weighted by Crippen LogP contribution is 2.15. The molecular formula is C14H18N4. The molecule has 1 unspecified atom stereocenters. The third kappa shape index (κ3) is 3.12. The second-order valence-electron chi connectivity index (χ2n) is 4.23. The second-order valence-corrected chi connectivity index (χ2v) is 4.23. The summed E-state index contributed by atoms with van der Waals surface area (Å²) in [6.45, 7) is 2.15. The van der Waals surface area contributed by atoms with Crippen LogP contribution >= 0.6 is 0 Å². The van der Waals surface area contributed by atoms with Crippen LogP contribution in [0.5, 0.6) is 0 Å². The Morgan fingerprint density at radius 3 is 2.44 bits per heavy atom. The van der Waals surface area contributed by atoms with Crippen molar-refractivity contribution in [3.63, 3.8) is 0 Å². The molecule has 0 spiro atoms. The van der Waals surface area contributed by atoms with E-state index in [2.05, 4.69) is 46.6 Å². The fourth-order valence-corrected chi connectivity index (χ4v) is 1.90. The molecule has 2 rings (SSSR count). The van der Waals surface area contributed by atoms with Gasteiger partial charge in [0.1, 0.15) is 6.33 Å². The van der Waals surface area contributed by atoms with Crippen molar-refractivity contribution in [1.82, 2.24) is 15.4 Å². The van der Waals surface area contributed by atoms with Gasteiger partial charge < -0.3 is 0 Å². The van der Waals surface area contributed by atoms with E-state index in [1.165, 1.54) is 11.1 Å². The van der Waals surface area contributed by atoms with Gasteiger partial charge in [0.2, 0.25) is 0 Å². The van der Waals surface area contributed by atoms with Gasteiger partial charge in [-0.05, 0) is 30.0 Å². The van der Waals surface area contributed by atoms with Crippen LogP contribution in [0.2, 0.25) is 0 Å². The highest BCUT2D eigenvalue weighted by molar-refractivity contribution is 5.24. The van der Waals surface area contributed by atoms with Gasteiger partial charge in [0.05, 0.1) is 11.7 Å². The predicted octanol–water partition coefficient (Wildman–Crippen LogP) is 1.79. The Morgan fingerprint density at radius 2 is 1.89 bits per heavy atom. The summed E-state index contributed by atoms with van der Waals surface area (Å²) in [5.41, 5.74) is 6.30. The van der Waals surface area contributed by atoms with E-state index in [1.54, 1.807) is 12.5 Å². The first-order valence-corrected chi connectivity index (χ1v) is 6.13. The van der Waals surface area contributed by atoms with Gasteiger partial charge in [0, 0.05) is 6.20 Å². The van der Waals surface area contributed by atoms with E-state index in [-0.39, 0.29) is 6.04 Å². The molecule has 0 radical (unpaired) electrons. The topological polar surface area (TPSA) is 63.8 Å². The summed E-state index contributed by atoms with van der Waals surface area (Å²) >= 11 is 0. The van der Waals surface area contributed by atoms with Gasteiger partial charge >= 0.3 is 0 Å². The van der Waals surface area contributed by atoms with E-state index >= 15 is 0 Å². The summed E-state index contributed by atoms with van der Waals surface area (Å²) < 4.78 is 0. The lowest BCUT2D eigenvalue weighted by atomic mass is 10.0. The minimum atomic E-state index is 0.0143. The Bertz CT molecular complexity index is 467. The zero-order valence-electron chi connectivity index (χ0n) is 10.5. The molecule has 0 saturated heterocycles. The van der Waals surface area contributed by atoms with E-state index in [4.69, 9.17) is 5.84 Å². The Labute approximate surface area is 107 Å². The summed E-state index contributed by atoms with van der Waals surface area (Å²) in [7, 11) is 0. The molecule has 4 heteroatoms. The molecule has 0 amide bonds. The molecular weight excluding hydrogens is 224 g/mol. The first kappa shape index (κ1) is 12.7. The maximum atomic E-state index is 5.60. The normalized spacial score (nSPS) is 12.3. The Hall–Kier alpha value is -1.78. The minimum Gasteiger partial charge on any atom is -0.271 e. The number of nitrogens with one attached hydrogen (secondary N) is 1. The molecule has 1 aromatic carbocycles. The van der Waals surface area contributed by atoms with Crippen LogP contribution in [0.4, 0.5) is 0 Å². The number of aryl methyl sites for hydroxylation is 1. The van der Waals surface area contributed by atoms with Crippen molar-refractivity contribution in [2.24, 2.45) is 5.84 Å². The highest BCUT2D eigenvalue weighted by Gasteiger charge is 2.11. The van der Waals surface area contributed by atoms with Crippen molar-refractivity contribution in [3.05, 3.63) is 59.7 Å². The fraction of sp³-hybridized carbons (Fsp3) is 0.286. The molecule has 4 nitrogen and oxygen atoms in total. The van der Waals surface area contributed by atoms with Crippen LogP contribution in [0.3, 0.4) is 0 Å². The lowest BCUT2D eigenvalue weighted by Gasteiger charge is -2.15.